The SMILES string of the molecule is Cn1c(CCCO)nc2cc(C(F)(F)F)ccc21. The first-order valence-electron chi connectivity index (χ1n) is 5.57. The first-order valence-corrected chi connectivity index (χ1v) is 5.57. The standard InChI is InChI=1S/C12H13F3N2O/c1-17-10-5-4-8(12(13,14)15)7-9(10)16-11(17)3-2-6-18/h4-5,7,18H,2-3,6H2,1H3. The molecular formula is C12H13F3N2O. The van der Waals surface area contributed by atoms with Gasteiger partial charge in [-0.15, -0.1) is 0 Å². The van der Waals surface area contributed by atoms with Crippen LogP contribution in [0.3, 0.4) is 0 Å². The molecular weight excluding hydrogens is 245 g/mol. The lowest BCUT2D eigenvalue weighted by atomic mass is 10.2. The molecule has 2 aromatic rings. The minimum absolute atomic E-state index is 0.0387. The third-order valence-corrected chi connectivity index (χ3v) is 2.86. The molecule has 0 fully saturated rings. The van der Waals surface area contributed by atoms with Crippen LogP contribution in [0.4, 0.5) is 13.2 Å². The number of nitrogens with zero attached hydrogens (tertiary/aromatic N) is 2. The van der Waals surface area contributed by atoms with Gasteiger partial charge in [-0.25, -0.2) is 4.98 Å². The van der Waals surface area contributed by atoms with Crippen LogP contribution in [0.1, 0.15) is 17.8 Å². The molecule has 2 rings (SSSR count). The predicted molar refractivity (Wildman–Crippen MR) is 61.1 cm³/mol. The Balaban J connectivity index is 2.45. The van der Waals surface area contributed by atoms with Crippen molar-refractivity contribution in [1.82, 2.24) is 9.55 Å². The maximum absolute atomic E-state index is 12.6. The van der Waals surface area contributed by atoms with Crippen LogP contribution in [0.25, 0.3) is 11.0 Å². The Morgan fingerprint density at radius 3 is 2.67 bits per heavy atom. The maximum Gasteiger partial charge on any atom is 0.416 e. The Kier molecular flexibility index (Phi) is 3.30. The molecule has 1 aromatic heterocycles. The summed E-state index contributed by atoms with van der Waals surface area (Å²) in [5, 5.41) is 8.76. The smallest absolute Gasteiger partial charge is 0.396 e. The second-order valence-corrected chi connectivity index (χ2v) is 4.12. The fourth-order valence-corrected chi connectivity index (χ4v) is 1.89. The molecule has 0 unspecified atom stereocenters. The number of aromatic nitrogens is 2. The summed E-state index contributed by atoms with van der Waals surface area (Å²) in [5.41, 5.74) is 0.304. The lowest BCUT2D eigenvalue weighted by Gasteiger charge is -2.05. The topological polar surface area (TPSA) is 38.0 Å². The van der Waals surface area contributed by atoms with Gasteiger partial charge < -0.3 is 9.67 Å². The summed E-state index contributed by atoms with van der Waals surface area (Å²) in [6.07, 6.45) is -3.26. The normalized spacial score (nSPS) is 12.3. The Morgan fingerprint density at radius 2 is 2.06 bits per heavy atom. The number of aliphatic hydroxyl groups is 1. The Hall–Kier alpha value is -1.56. The maximum atomic E-state index is 12.6. The number of alkyl halides is 3. The average Bonchev–Trinajstić information content (AvgIpc) is 2.62. The van der Waals surface area contributed by atoms with E-state index in [1.165, 1.54) is 6.07 Å². The molecule has 0 amide bonds. The van der Waals surface area contributed by atoms with Crippen LogP contribution in [-0.2, 0) is 19.6 Å². The summed E-state index contributed by atoms with van der Waals surface area (Å²) in [7, 11) is 1.76. The second kappa shape index (κ2) is 4.61. The summed E-state index contributed by atoms with van der Waals surface area (Å²) in [6, 6.07) is 3.53. The minimum Gasteiger partial charge on any atom is -0.396 e. The van der Waals surface area contributed by atoms with Gasteiger partial charge in [0, 0.05) is 20.1 Å². The summed E-state index contributed by atoms with van der Waals surface area (Å²) < 4.78 is 39.4. The molecule has 0 saturated heterocycles. The van der Waals surface area contributed by atoms with Gasteiger partial charge >= 0.3 is 6.18 Å². The highest BCUT2D eigenvalue weighted by molar-refractivity contribution is 5.77. The number of aliphatic hydroxyl groups excluding tert-OH is 1. The number of hydrogen-bond donors (Lipinski definition) is 1. The lowest BCUT2D eigenvalue weighted by Crippen LogP contribution is -2.04. The highest BCUT2D eigenvalue weighted by atomic mass is 19.4. The quantitative estimate of drug-likeness (QED) is 0.918. The van der Waals surface area contributed by atoms with E-state index in [0.29, 0.717) is 29.7 Å². The van der Waals surface area contributed by atoms with Crippen molar-refractivity contribution in [3.05, 3.63) is 29.6 Å². The largest absolute Gasteiger partial charge is 0.416 e. The van der Waals surface area contributed by atoms with Crippen molar-refractivity contribution >= 4 is 11.0 Å². The van der Waals surface area contributed by atoms with Crippen LogP contribution in [-0.4, -0.2) is 21.3 Å². The summed E-state index contributed by atoms with van der Waals surface area (Å²) in [5.74, 6) is 0.679. The highest BCUT2D eigenvalue weighted by Crippen LogP contribution is 2.31. The van der Waals surface area contributed by atoms with Gasteiger partial charge in [-0.1, -0.05) is 0 Å². The molecule has 0 saturated carbocycles. The van der Waals surface area contributed by atoms with Crippen molar-refractivity contribution in [2.45, 2.75) is 19.0 Å². The zero-order valence-electron chi connectivity index (χ0n) is 9.83. The van der Waals surface area contributed by atoms with E-state index < -0.39 is 11.7 Å². The molecule has 18 heavy (non-hydrogen) atoms. The molecule has 0 aliphatic heterocycles. The van der Waals surface area contributed by atoms with Crippen molar-refractivity contribution in [1.29, 1.82) is 0 Å². The van der Waals surface area contributed by atoms with Crippen LogP contribution in [0, 0.1) is 0 Å². The molecule has 1 aromatic carbocycles. The van der Waals surface area contributed by atoms with Gasteiger partial charge in [0.15, 0.2) is 0 Å². The van der Waals surface area contributed by atoms with Crippen LogP contribution < -0.4 is 0 Å². The van der Waals surface area contributed by atoms with Gasteiger partial charge in [-0.3, -0.25) is 0 Å². The fraction of sp³-hybridized carbons (Fsp3) is 0.417. The van der Waals surface area contributed by atoms with Crippen LogP contribution in [0.2, 0.25) is 0 Å². The van der Waals surface area contributed by atoms with Crippen molar-refractivity contribution in [3.8, 4) is 0 Å². The molecule has 0 atom stereocenters. The first kappa shape index (κ1) is 12.9. The number of fused-ring (bicyclic) bond motifs is 1. The van der Waals surface area contributed by atoms with E-state index in [1.54, 1.807) is 11.6 Å². The molecule has 0 aliphatic carbocycles. The third kappa shape index (κ3) is 2.33. The number of imidazole rings is 1. The van der Waals surface area contributed by atoms with E-state index in [0.717, 1.165) is 12.1 Å². The molecule has 1 N–H and O–H groups in total. The number of halogens is 3. The van der Waals surface area contributed by atoms with E-state index in [9.17, 15) is 13.2 Å². The van der Waals surface area contributed by atoms with Gasteiger partial charge in [0.05, 0.1) is 16.6 Å². The van der Waals surface area contributed by atoms with Crippen molar-refractivity contribution in [2.24, 2.45) is 7.05 Å². The van der Waals surface area contributed by atoms with Gasteiger partial charge in [0.25, 0.3) is 0 Å². The van der Waals surface area contributed by atoms with Gasteiger partial charge in [0.1, 0.15) is 5.82 Å². The van der Waals surface area contributed by atoms with E-state index in [-0.39, 0.29) is 6.61 Å². The predicted octanol–water partition coefficient (Wildman–Crippen LogP) is 2.52. The van der Waals surface area contributed by atoms with E-state index in [2.05, 4.69) is 4.98 Å². The summed E-state index contributed by atoms with van der Waals surface area (Å²) >= 11 is 0. The molecule has 0 aliphatic rings. The Labute approximate surface area is 102 Å². The summed E-state index contributed by atoms with van der Waals surface area (Å²) in [4.78, 5) is 4.18. The first-order chi connectivity index (χ1) is 8.43. The highest BCUT2D eigenvalue weighted by Gasteiger charge is 2.30. The van der Waals surface area contributed by atoms with Crippen molar-refractivity contribution < 1.29 is 18.3 Å². The number of aryl methyl sites for hydroxylation is 2. The third-order valence-electron chi connectivity index (χ3n) is 2.86. The van der Waals surface area contributed by atoms with Crippen molar-refractivity contribution in [2.75, 3.05) is 6.61 Å². The zero-order chi connectivity index (χ0) is 13.3. The van der Waals surface area contributed by atoms with Crippen LogP contribution in [0.5, 0.6) is 0 Å². The molecule has 0 spiro atoms. The molecule has 98 valence electrons. The number of hydrogen-bond acceptors (Lipinski definition) is 2. The van der Waals surface area contributed by atoms with E-state index >= 15 is 0 Å². The minimum atomic E-state index is -4.35. The lowest BCUT2D eigenvalue weighted by molar-refractivity contribution is -0.137. The number of rotatable bonds is 3. The van der Waals surface area contributed by atoms with Crippen molar-refractivity contribution in [3.63, 3.8) is 0 Å². The van der Waals surface area contributed by atoms with Crippen LogP contribution in [0.15, 0.2) is 18.2 Å². The second-order valence-electron chi connectivity index (χ2n) is 4.12. The Morgan fingerprint density at radius 1 is 1.33 bits per heavy atom. The zero-order valence-corrected chi connectivity index (χ0v) is 9.83. The molecule has 3 nitrogen and oxygen atoms in total. The van der Waals surface area contributed by atoms with Crippen LogP contribution >= 0.6 is 0 Å². The molecule has 0 bridgehead atoms. The Bertz CT molecular complexity index is 560. The summed E-state index contributed by atoms with van der Waals surface area (Å²) in [6.45, 7) is 0.0387. The van der Waals surface area contributed by atoms with E-state index in [1.807, 2.05) is 0 Å². The fourth-order valence-electron chi connectivity index (χ4n) is 1.89. The average molecular weight is 258 g/mol. The van der Waals surface area contributed by atoms with Gasteiger partial charge in [-0.05, 0) is 24.6 Å². The van der Waals surface area contributed by atoms with Gasteiger partial charge in [0.2, 0.25) is 0 Å². The molecule has 6 heteroatoms. The van der Waals surface area contributed by atoms with E-state index in [4.69, 9.17) is 5.11 Å². The van der Waals surface area contributed by atoms with Gasteiger partial charge in [-0.2, -0.15) is 13.2 Å². The monoisotopic (exact) mass is 258 g/mol. The molecule has 1 heterocycles. The molecule has 0 radical (unpaired) electrons. The number of benzene rings is 1.